The van der Waals surface area contributed by atoms with Gasteiger partial charge in [-0.25, -0.2) is 0 Å². The Morgan fingerprint density at radius 3 is 2.96 bits per heavy atom. The SMILES string of the molecule is CCNC(=NCC1CCc2nnc(C)n2C1)N(C)Cc1cc(Cl)cn1C. The highest BCUT2D eigenvalue weighted by Gasteiger charge is 2.21. The predicted molar refractivity (Wildman–Crippen MR) is 104 cm³/mol. The van der Waals surface area contributed by atoms with Gasteiger partial charge in [-0.3, -0.25) is 4.99 Å². The third-order valence-electron chi connectivity index (χ3n) is 4.90. The van der Waals surface area contributed by atoms with Gasteiger partial charge in [0.2, 0.25) is 0 Å². The Kier molecular flexibility index (Phi) is 5.86. The summed E-state index contributed by atoms with van der Waals surface area (Å²) in [6.07, 6.45) is 4.02. The molecule has 1 N–H and O–H groups in total. The Labute approximate surface area is 160 Å². The first-order valence-corrected chi connectivity index (χ1v) is 9.54. The number of hydrogen-bond acceptors (Lipinski definition) is 3. The molecular formula is C18H28ClN7. The van der Waals surface area contributed by atoms with Crippen molar-refractivity contribution in [1.29, 1.82) is 0 Å². The van der Waals surface area contributed by atoms with E-state index in [9.17, 15) is 0 Å². The largest absolute Gasteiger partial charge is 0.357 e. The van der Waals surface area contributed by atoms with E-state index in [-0.39, 0.29) is 0 Å². The summed E-state index contributed by atoms with van der Waals surface area (Å²) in [5, 5.41) is 12.6. The molecule has 0 aliphatic carbocycles. The average molecular weight is 378 g/mol. The molecule has 0 saturated heterocycles. The number of nitrogens with zero attached hydrogens (tertiary/aromatic N) is 6. The molecular weight excluding hydrogens is 350 g/mol. The van der Waals surface area contributed by atoms with E-state index in [0.717, 1.165) is 67.3 Å². The molecule has 0 aromatic carbocycles. The molecule has 1 aliphatic rings. The number of guanidine groups is 1. The molecule has 142 valence electrons. The second-order valence-corrected chi connectivity index (χ2v) is 7.43. The molecule has 3 rings (SSSR count). The summed E-state index contributed by atoms with van der Waals surface area (Å²) in [6, 6.07) is 2.00. The van der Waals surface area contributed by atoms with Crippen LogP contribution >= 0.6 is 11.6 Å². The molecule has 0 saturated carbocycles. The summed E-state index contributed by atoms with van der Waals surface area (Å²) in [6.45, 7) is 7.47. The van der Waals surface area contributed by atoms with Gasteiger partial charge in [-0.1, -0.05) is 11.6 Å². The Morgan fingerprint density at radius 2 is 2.27 bits per heavy atom. The number of aliphatic imine (C=N–C) groups is 1. The van der Waals surface area contributed by atoms with Gasteiger partial charge in [-0.2, -0.15) is 0 Å². The molecule has 7 nitrogen and oxygen atoms in total. The lowest BCUT2D eigenvalue weighted by Gasteiger charge is -2.25. The van der Waals surface area contributed by atoms with Crippen molar-refractivity contribution >= 4 is 17.6 Å². The number of halogens is 1. The smallest absolute Gasteiger partial charge is 0.194 e. The fourth-order valence-electron chi connectivity index (χ4n) is 3.41. The fraction of sp³-hybridized carbons (Fsp3) is 0.611. The normalized spacial score (nSPS) is 17.3. The van der Waals surface area contributed by atoms with E-state index in [1.165, 1.54) is 0 Å². The zero-order chi connectivity index (χ0) is 18.7. The highest BCUT2D eigenvalue weighted by molar-refractivity contribution is 6.30. The quantitative estimate of drug-likeness (QED) is 0.641. The monoisotopic (exact) mass is 377 g/mol. The summed E-state index contributed by atoms with van der Waals surface area (Å²) in [7, 11) is 4.07. The summed E-state index contributed by atoms with van der Waals surface area (Å²) in [4.78, 5) is 7.04. The number of fused-ring (bicyclic) bond motifs is 1. The third kappa shape index (κ3) is 4.20. The maximum Gasteiger partial charge on any atom is 0.194 e. The number of rotatable bonds is 5. The van der Waals surface area contributed by atoms with Crippen molar-refractivity contribution in [3.8, 4) is 0 Å². The molecule has 8 heteroatoms. The second-order valence-electron chi connectivity index (χ2n) is 6.99. The van der Waals surface area contributed by atoms with Crippen LogP contribution in [-0.2, 0) is 26.6 Å². The Balaban J connectivity index is 1.65. The van der Waals surface area contributed by atoms with Gasteiger partial charge >= 0.3 is 0 Å². The van der Waals surface area contributed by atoms with Gasteiger partial charge in [0.05, 0.1) is 11.6 Å². The topological polar surface area (TPSA) is 63.3 Å². The van der Waals surface area contributed by atoms with E-state index < -0.39 is 0 Å². The molecule has 0 radical (unpaired) electrons. The van der Waals surface area contributed by atoms with Crippen molar-refractivity contribution in [1.82, 2.24) is 29.5 Å². The molecule has 0 fully saturated rings. The number of aromatic nitrogens is 4. The molecule has 0 spiro atoms. The van der Waals surface area contributed by atoms with Gasteiger partial charge in [-0.05, 0) is 32.3 Å². The molecule has 0 bridgehead atoms. The van der Waals surface area contributed by atoms with Crippen LogP contribution < -0.4 is 5.32 Å². The molecule has 2 aromatic rings. The minimum absolute atomic E-state index is 0.517. The number of aryl methyl sites for hydroxylation is 3. The van der Waals surface area contributed by atoms with E-state index in [1.54, 1.807) is 0 Å². The number of hydrogen-bond donors (Lipinski definition) is 1. The maximum absolute atomic E-state index is 6.10. The summed E-state index contributed by atoms with van der Waals surface area (Å²) in [5.41, 5.74) is 1.16. The standard InChI is InChI=1S/C18H28ClN7/c1-5-20-18(25(4)12-16-8-15(19)11-24(16)3)21-9-14-6-7-17-23-22-13(2)26(17)10-14/h8,11,14H,5-7,9-10,12H2,1-4H3,(H,20,21). The van der Waals surface area contributed by atoms with Crippen LogP contribution in [0.5, 0.6) is 0 Å². The molecule has 0 amide bonds. The highest BCUT2D eigenvalue weighted by Crippen LogP contribution is 2.20. The van der Waals surface area contributed by atoms with Gasteiger partial charge < -0.3 is 19.4 Å². The van der Waals surface area contributed by atoms with Crippen LogP contribution in [0.1, 0.15) is 30.7 Å². The van der Waals surface area contributed by atoms with Crippen LogP contribution in [0.3, 0.4) is 0 Å². The average Bonchev–Trinajstić information content (AvgIpc) is 3.13. The van der Waals surface area contributed by atoms with Gasteiger partial charge in [0.15, 0.2) is 5.96 Å². The van der Waals surface area contributed by atoms with Crippen LogP contribution in [0.4, 0.5) is 0 Å². The number of nitrogens with one attached hydrogen (secondary N) is 1. The van der Waals surface area contributed by atoms with E-state index in [2.05, 4.69) is 43.5 Å². The molecule has 1 atom stereocenters. The minimum Gasteiger partial charge on any atom is -0.357 e. The van der Waals surface area contributed by atoms with Crippen molar-refractivity contribution < 1.29 is 0 Å². The van der Waals surface area contributed by atoms with Crippen LogP contribution in [0.15, 0.2) is 17.3 Å². The first kappa shape index (κ1) is 18.8. The second kappa shape index (κ2) is 8.12. The lowest BCUT2D eigenvalue weighted by molar-refractivity contribution is 0.366. The lowest BCUT2D eigenvalue weighted by Crippen LogP contribution is -2.39. The van der Waals surface area contributed by atoms with Crippen molar-refractivity contribution in [2.75, 3.05) is 20.1 Å². The van der Waals surface area contributed by atoms with Crippen LogP contribution in [0.2, 0.25) is 5.02 Å². The summed E-state index contributed by atoms with van der Waals surface area (Å²) < 4.78 is 4.28. The Hall–Kier alpha value is -2.02. The summed E-state index contributed by atoms with van der Waals surface area (Å²) >= 11 is 6.10. The molecule has 26 heavy (non-hydrogen) atoms. The van der Waals surface area contributed by atoms with Crippen molar-refractivity contribution in [3.05, 3.63) is 34.6 Å². The predicted octanol–water partition coefficient (Wildman–Crippen LogP) is 2.24. The summed E-state index contributed by atoms with van der Waals surface area (Å²) in [5.74, 6) is 3.55. The molecule has 1 unspecified atom stereocenters. The van der Waals surface area contributed by atoms with Crippen molar-refractivity contribution in [2.45, 2.75) is 39.8 Å². The third-order valence-corrected chi connectivity index (χ3v) is 5.11. The van der Waals surface area contributed by atoms with Crippen LogP contribution in [-0.4, -0.2) is 50.3 Å². The first-order valence-electron chi connectivity index (χ1n) is 9.16. The van der Waals surface area contributed by atoms with Gasteiger partial charge in [0, 0.05) is 52.0 Å². The molecule has 1 aliphatic heterocycles. The van der Waals surface area contributed by atoms with E-state index in [1.807, 2.05) is 26.2 Å². The van der Waals surface area contributed by atoms with Crippen LogP contribution in [0, 0.1) is 12.8 Å². The zero-order valence-corrected chi connectivity index (χ0v) is 16.8. The van der Waals surface area contributed by atoms with Gasteiger partial charge in [0.1, 0.15) is 11.6 Å². The van der Waals surface area contributed by atoms with E-state index >= 15 is 0 Å². The van der Waals surface area contributed by atoms with Crippen LogP contribution in [0.25, 0.3) is 0 Å². The lowest BCUT2D eigenvalue weighted by atomic mass is 9.99. The zero-order valence-electron chi connectivity index (χ0n) is 16.0. The Bertz CT molecular complexity index is 777. The molecule has 3 heterocycles. The maximum atomic E-state index is 6.10. The van der Waals surface area contributed by atoms with Gasteiger partial charge in [0.25, 0.3) is 0 Å². The van der Waals surface area contributed by atoms with Crippen molar-refractivity contribution in [2.24, 2.45) is 18.0 Å². The first-order chi connectivity index (χ1) is 12.5. The Morgan fingerprint density at radius 1 is 1.46 bits per heavy atom. The van der Waals surface area contributed by atoms with Gasteiger partial charge in [-0.15, -0.1) is 10.2 Å². The highest BCUT2D eigenvalue weighted by atomic mass is 35.5. The van der Waals surface area contributed by atoms with E-state index in [4.69, 9.17) is 16.6 Å². The molecule has 2 aromatic heterocycles. The van der Waals surface area contributed by atoms with E-state index in [0.29, 0.717) is 5.92 Å². The minimum atomic E-state index is 0.517. The fourth-order valence-corrected chi connectivity index (χ4v) is 3.68. The van der Waals surface area contributed by atoms with Crippen molar-refractivity contribution in [3.63, 3.8) is 0 Å².